The summed E-state index contributed by atoms with van der Waals surface area (Å²) in [5.41, 5.74) is 1.29. The van der Waals surface area contributed by atoms with Crippen LogP contribution in [0, 0.1) is 11.2 Å². The van der Waals surface area contributed by atoms with Crippen LogP contribution in [0.15, 0.2) is 18.2 Å². The van der Waals surface area contributed by atoms with Crippen LogP contribution >= 0.6 is 11.6 Å². The summed E-state index contributed by atoms with van der Waals surface area (Å²) in [6, 6.07) is 5.39. The van der Waals surface area contributed by atoms with Gasteiger partial charge >= 0.3 is 0 Å². The summed E-state index contributed by atoms with van der Waals surface area (Å²) in [6.45, 7) is 9.91. The Balaban J connectivity index is 2.84. The normalized spacial score (nSPS) is 13.6. The van der Waals surface area contributed by atoms with Gasteiger partial charge in [-0.1, -0.05) is 45.4 Å². The van der Waals surface area contributed by atoms with Crippen molar-refractivity contribution in [3.8, 4) is 0 Å². The minimum atomic E-state index is -0.349. The Labute approximate surface area is 121 Å². The van der Waals surface area contributed by atoms with Crippen LogP contribution in [0.5, 0.6) is 0 Å². The molecule has 19 heavy (non-hydrogen) atoms. The van der Waals surface area contributed by atoms with E-state index in [1.54, 1.807) is 6.07 Å². The molecule has 1 nitrogen and oxygen atoms in total. The monoisotopic (exact) mass is 285 g/mol. The van der Waals surface area contributed by atoms with Crippen LogP contribution in [-0.2, 0) is 6.42 Å². The third-order valence-corrected chi connectivity index (χ3v) is 4.21. The maximum absolute atomic E-state index is 13.2. The zero-order chi connectivity index (χ0) is 14.5. The molecule has 3 heteroatoms. The molecule has 0 saturated carbocycles. The van der Waals surface area contributed by atoms with Gasteiger partial charge in [0.05, 0.1) is 5.02 Å². The van der Waals surface area contributed by atoms with Crippen molar-refractivity contribution < 1.29 is 4.39 Å². The van der Waals surface area contributed by atoms with E-state index in [2.05, 4.69) is 33.0 Å². The molecule has 1 atom stereocenters. The Kier molecular flexibility index (Phi) is 6.28. The predicted molar refractivity (Wildman–Crippen MR) is 81.3 cm³/mol. The zero-order valence-corrected chi connectivity index (χ0v) is 13.1. The van der Waals surface area contributed by atoms with Gasteiger partial charge in [-0.05, 0) is 48.9 Å². The van der Waals surface area contributed by atoms with Crippen molar-refractivity contribution in [3.05, 3.63) is 34.6 Å². The molecule has 0 bridgehead atoms. The van der Waals surface area contributed by atoms with E-state index in [1.807, 2.05) is 6.07 Å². The van der Waals surface area contributed by atoms with Crippen LogP contribution < -0.4 is 5.32 Å². The van der Waals surface area contributed by atoms with Crippen LogP contribution in [0.3, 0.4) is 0 Å². The summed E-state index contributed by atoms with van der Waals surface area (Å²) in [5.74, 6) is -0.349. The van der Waals surface area contributed by atoms with Crippen molar-refractivity contribution >= 4 is 11.6 Å². The second-order valence-electron chi connectivity index (χ2n) is 5.80. The van der Waals surface area contributed by atoms with Gasteiger partial charge in [0.25, 0.3) is 0 Å². The summed E-state index contributed by atoms with van der Waals surface area (Å²) < 4.78 is 13.2. The van der Waals surface area contributed by atoms with Gasteiger partial charge < -0.3 is 5.32 Å². The first-order valence-electron chi connectivity index (χ1n) is 7.08. The van der Waals surface area contributed by atoms with E-state index in [0.29, 0.717) is 6.04 Å². The van der Waals surface area contributed by atoms with Gasteiger partial charge in [-0.2, -0.15) is 0 Å². The first kappa shape index (κ1) is 16.5. The van der Waals surface area contributed by atoms with Crippen molar-refractivity contribution in [1.29, 1.82) is 0 Å². The Morgan fingerprint density at radius 3 is 2.53 bits per heavy atom. The third-order valence-electron chi connectivity index (χ3n) is 3.92. The average Bonchev–Trinajstić information content (AvgIpc) is 2.38. The SMILES string of the molecule is CCCNC(Cc1ccc(F)c(Cl)c1)C(C)(C)CC. The fourth-order valence-corrected chi connectivity index (χ4v) is 2.30. The van der Waals surface area contributed by atoms with Crippen molar-refractivity contribution in [1.82, 2.24) is 5.32 Å². The molecule has 1 aromatic rings. The highest BCUT2D eigenvalue weighted by molar-refractivity contribution is 6.30. The average molecular weight is 286 g/mol. The molecule has 1 rings (SSSR count). The number of rotatable bonds is 7. The lowest BCUT2D eigenvalue weighted by Gasteiger charge is -2.34. The van der Waals surface area contributed by atoms with E-state index in [-0.39, 0.29) is 16.3 Å². The van der Waals surface area contributed by atoms with Crippen LogP contribution in [0.1, 0.15) is 46.1 Å². The van der Waals surface area contributed by atoms with Gasteiger partial charge in [-0.25, -0.2) is 4.39 Å². The summed E-state index contributed by atoms with van der Waals surface area (Å²) in [6.07, 6.45) is 3.09. The molecule has 108 valence electrons. The van der Waals surface area contributed by atoms with E-state index >= 15 is 0 Å². The number of hydrogen-bond acceptors (Lipinski definition) is 1. The minimum absolute atomic E-state index is 0.204. The molecule has 0 radical (unpaired) electrons. The van der Waals surface area contributed by atoms with Crippen molar-refractivity contribution in [2.75, 3.05) is 6.54 Å². The topological polar surface area (TPSA) is 12.0 Å². The van der Waals surface area contributed by atoms with Crippen molar-refractivity contribution in [2.45, 2.75) is 53.0 Å². The molecule has 1 aromatic carbocycles. The van der Waals surface area contributed by atoms with Crippen molar-refractivity contribution in [3.63, 3.8) is 0 Å². The highest BCUT2D eigenvalue weighted by Crippen LogP contribution is 2.28. The predicted octanol–water partition coefficient (Wildman–Crippen LogP) is 4.83. The summed E-state index contributed by atoms with van der Waals surface area (Å²) >= 11 is 5.85. The molecule has 0 aromatic heterocycles. The maximum atomic E-state index is 13.2. The largest absolute Gasteiger partial charge is 0.313 e. The number of nitrogens with one attached hydrogen (secondary N) is 1. The molecule has 0 aliphatic rings. The molecule has 1 unspecified atom stereocenters. The fourth-order valence-electron chi connectivity index (χ4n) is 2.09. The van der Waals surface area contributed by atoms with Gasteiger partial charge in [0.1, 0.15) is 5.82 Å². The molecular weight excluding hydrogens is 261 g/mol. The molecule has 0 aliphatic carbocycles. The molecule has 0 saturated heterocycles. The Bertz CT molecular complexity index is 404. The highest BCUT2D eigenvalue weighted by Gasteiger charge is 2.27. The zero-order valence-electron chi connectivity index (χ0n) is 12.4. The van der Waals surface area contributed by atoms with E-state index in [1.165, 1.54) is 6.07 Å². The second-order valence-corrected chi connectivity index (χ2v) is 6.21. The molecule has 0 spiro atoms. The van der Waals surface area contributed by atoms with E-state index in [4.69, 9.17) is 11.6 Å². The lowest BCUT2D eigenvalue weighted by molar-refractivity contribution is 0.230. The summed E-state index contributed by atoms with van der Waals surface area (Å²) in [7, 11) is 0. The van der Waals surface area contributed by atoms with Crippen LogP contribution in [0.2, 0.25) is 5.02 Å². The van der Waals surface area contributed by atoms with Gasteiger partial charge in [0.2, 0.25) is 0 Å². The Morgan fingerprint density at radius 1 is 1.32 bits per heavy atom. The molecular formula is C16H25ClFN. The van der Waals surface area contributed by atoms with Crippen LogP contribution in [0.4, 0.5) is 4.39 Å². The quantitative estimate of drug-likeness (QED) is 0.757. The molecule has 0 heterocycles. The summed E-state index contributed by atoms with van der Waals surface area (Å²) in [5, 5.41) is 3.82. The smallest absolute Gasteiger partial charge is 0.141 e. The van der Waals surface area contributed by atoms with Gasteiger partial charge in [-0.15, -0.1) is 0 Å². The van der Waals surface area contributed by atoms with Crippen LogP contribution in [-0.4, -0.2) is 12.6 Å². The number of hydrogen-bond donors (Lipinski definition) is 1. The molecule has 0 fully saturated rings. The first-order chi connectivity index (χ1) is 8.90. The maximum Gasteiger partial charge on any atom is 0.141 e. The summed E-state index contributed by atoms with van der Waals surface area (Å²) in [4.78, 5) is 0. The standard InChI is InChI=1S/C16H25ClFN/c1-5-9-19-15(16(3,4)6-2)11-12-7-8-14(18)13(17)10-12/h7-8,10,15,19H,5-6,9,11H2,1-4H3. The lowest BCUT2D eigenvalue weighted by atomic mass is 9.79. The molecule has 1 N–H and O–H groups in total. The van der Waals surface area contributed by atoms with Crippen molar-refractivity contribution in [2.24, 2.45) is 5.41 Å². The molecule has 0 aliphatic heterocycles. The first-order valence-corrected chi connectivity index (χ1v) is 7.45. The van der Waals surface area contributed by atoms with E-state index in [0.717, 1.165) is 31.4 Å². The lowest BCUT2D eigenvalue weighted by Crippen LogP contribution is -2.43. The third kappa shape index (κ3) is 4.77. The Hall–Kier alpha value is -0.600. The van der Waals surface area contributed by atoms with Gasteiger partial charge in [0, 0.05) is 6.04 Å². The Morgan fingerprint density at radius 2 is 2.00 bits per heavy atom. The van der Waals surface area contributed by atoms with E-state index < -0.39 is 0 Å². The van der Waals surface area contributed by atoms with Gasteiger partial charge in [-0.3, -0.25) is 0 Å². The fraction of sp³-hybridized carbons (Fsp3) is 0.625. The minimum Gasteiger partial charge on any atom is -0.313 e. The number of benzene rings is 1. The van der Waals surface area contributed by atoms with Gasteiger partial charge in [0.15, 0.2) is 0 Å². The number of halogens is 2. The van der Waals surface area contributed by atoms with E-state index in [9.17, 15) is 4.39 Å². The second kappa shape index (κ2) is 7.25. The highest BCUT2D eigenvalue weighted by atomic mass is 35.5. The van der Waals surface area contributed by atoms with Crippen LogP contribution in [0.25, 0.3) is 0 Å². The molecule has 0 amide bonds.